The van der Waals surface area contributed by atoms with Crippen molar-refractivity contribution >= 4 is 45.1 Å². The van der Waals surface area contributed by atoms with E-state index in [4.69, 9.17) is 20.8 Å². The van der Waals surface area contributed by atoms with E-state index in [1.54, 1.807) is 12.1 Å². The lowest BCUT2D eigenvalue weighted by molar-refractivity contribution is 0.102. The monoisotopic (exact) mass is 369 g/mol. The van der Waals surface area contributed by atoms with Gasteiger partial charge in [0, 0.05) is 16.8 Å². The standard InChI is InChI=1S/C20H13ClFNO3/c1-25-18-9-12-11-5-2-3-8-16(11)26-17(12)10-15(18)23-20(24)19-13(21)6-4-7-14(19)22/h2-10H,1H3,(H,23,24). The lowest BCUT2D eigenvalue weighted by atomic mass is 10.1. The van der Waals surface area contributed by atoms with Gasteiger partial charge in [-0.1, -0.05) is 35.9 Å². The molecule has 4 aromatic rings. The van der Waals surface area contributed by atoms with Gasteiger partial charge in [0.2, 0.25) is 0 Å². The minimum atomic E-state index is -0.696. The molecule has 0 saturated carbocycles. The maximum absolute atomic E-state index is 14.0. The Labute approximate surface area is 153 Å². The summed E-state index contributed by atoms with van der Waals surface area (Å²) in [5.74, 6) is -0.925. The second-order valence-corrected chi connectivity index (χ2v) is 6.10. The Bertz CT molecular complexity index is 1130. The normalized spacial score (nSPS) is 11.0. The van der Waals surface area contributed by atoms with E-state index in [2.05, 4.69) is 5.32 Å². The van der Waals surface area contributed by atoms with Crippen LogP contribution in [-0.4, -0.2) is 13.0 Å². The van der Waals surface area contributed by atoms with E-state index in [0.29, 0.717) is 17.0 Å². The Hall–Kier alpha value is -3.05. The largest absolute Gasteiger partial charge is 0.495 e. The van der Waals surface area contributed by atoms with Crippen LogP contribution in [0.4, 0.5) is 10.1 Å². The van der Waals surface area contributed by atoms with Crippen LogP contribution in [0.1, 0.15) is 10.4 Å². The molecule has 0 saturated heterocycles. The number of anilines is 1. The summed E-state index contributed by atoms with van der Waals surface area (Å²) in [7, 11) is 1.50. The molecule has 0 fully saturated rings. The van der Waals surface area contributed by atoms with Gasteiger partial charge in [0.05, 0.1) is 23.4 Å². The molecule has 0 radical (unpaired) electrons. The van der Waals surface area contributed by atoms with Crippen molar-refractivity contribution in [1.29, 1.82) is 0 Å². The van der Waals surface area contributed by atoms with Crippen molar-refractivity contribution in [2.24, 2.45) is 0 Å². The fourth-order valence-electron chi connectivity index (χ4n) is 2.92. The van der Waals surface area contributed by atoms with E-state index in [-0.39, 0.29) is 10.6 Å². The number of fused-ring (bicyclic) bond motifs is 3. The van der Waals surface area contributed by atoms with Crippen LogP contribution in [-0.2, 0) is 0 Å². The number of carbonyl (C=O) groups excluding carboxylic acids is 1. The molecule has 0 aliphatic carbocycles. The third-order valence-electron chi connectivity index (χ3n) is 4.14. The maximum atomic E-state index is 14.0. The summed E-state index contributed by atoms with van der Waals surface area (Å²) < 4.78 is 25.2. The van der Waals surface area contributed by atoms with Crippen molar-refractivity contribution in [2.45, 2.75) is 0 Å². The number of methoxy groups -OCH3 is 1. The number of para-hydroxylation sites is 1. The Morgan fingerprint density at radius 2 is 1.88 bits per heavy atom. The van der Waals surface area contributed by atoms with Gasteiger partial charge in [-0.2, -0.15) is 0 Å². The van der Waals surface area contributed by atoms with Crippen molar-refractivity contribution in [3.8, 4) is 5.75 Å². The molecule has 3 aromatic carbocycles. The molecule has 0 spiro atoms. The summed E-state index contributed by atoms with van der Waals surface area (Å²) in [5, 5.41) is 4.48. The van der Waals surface area contributed by atoms with Crippen LogP contribution in [0.25, 0.3) is 21.9 Å². The molecule has 130 valence electrons. The van der Waals surface area contributed by atoms with Gasteiger partial charge in [-0.3, -0.25) is 4.79 Å². The lowest BCUT2D eigenvalue weighted by Crippen LogP contribution is -2.15. The molecule has 0 unspecified atom stereocenters. The van der Waals surface area contributed by atoms with Crippen LogP contribution in [0.2, 0.25) is 5.02 Å². The van der Waals surface area contributed by atoms with Gasteiger partial charge in [-0.15, -0.1) is 0 Å². The minimum Gasteiger partial charge on any atom is -0.495 e. The highest BCUT2D eigenvalue weighted by atomic mass is 35.5. The van der Waals surface area contributed by atoms with Gasteiger partial charge >= 0.3 is 0 Å². The minimum absolute atomic E-state index is 0.0336. The topological polar surface area (TPSA) is 51.5 Å². The van der Waals surface area contributed by atoms with Crippen LogP contribution in [0.3, 0.4) is 0 Å². The molecule has 0 aliphatic heterocycles. The van der Waals surface area contributed by atoms with Gasteiger partial charge in [0.15, 0.2) is 0 Å². The molecular weight excluding hydrogens is 357 g/mol. The Morgan fingerprint density at radius 1 is 1.08 bits per heavy atom. The van der Waals surface area contributed by atoms with E-state index in [0.717, 1.165) is 16.4 Å². The first-order valence-electron chi connectivity index (χ1n) is 7.83. The van der Waals surface area contributed by atoms with Crippen molar-refractivity contribution < 1.29 is 18.3 Å². The maximum Gasteiger partial charge on any atom is 0.260 e. The lowest BCUT2D eigenvalue weighted by Gasteiger charge is -2.11. The number of halogens is 2. The van der Waals surface area contributed by atoms with Crippen molar-refractivity contribution in [3.63, 3.8) is 0 Å². The number of hydrogen-bond donors (Lipinski definition) is 1. The fourth-order valence-corrected chi connectivity index (χ4v) is 3.17. The van der Waals surface area contributed by atoms with Gasteiger partial charge < -0.3 is 14.5 Å². The molecule has 0 atom stereocenters. The van der Waals surface area contributed by atoms with Crippen LogP contribution >= 0.6 is 11.6 Å². The second-order valence-electron chi connectivity index (χ2n) is 5.70. The zero-order chi connectivity index (χ0) is 18.3. The first-order chi connectivity index (χ1) is 12.6. The molecule has 0 aliphatic rings. The third kappa shape index (κ3) is 2.66. The van der Waals surface area contributed by atoms with Crippen molar-refractivity contribution in [2.75, 3.05) is 12.4 Å². The van der Waals surface area contributed by atoms with Gasteiger partial charge in [0.25, 0.3) is 5.91 Å². The van der Waals surface area contributed by atoms with Crippen molar-refractivity contribution in [1.82, 2.24) is 0 Å². The summed E-state index contributed by atoms with van der Waals surface area (Å²) in [6, 6.07) is 15.1. The summed E-state index contributed by atoms with van der Waals surface area (Å²) in [5.41, 5.74) is 1.46. The zero-order valence-electron chi connectivity index (χ0n) is 13.7. The molecule has 26 heavy (non-hydrogen) atoms. The predicted molar refractivity (Wildman–Crippen MR) is 99.6 cm³/mol. The predicted octanol–water partition coefficient (Wildman–Crippen LogP) is 5.64. The number of furan rings is 1. The van der Waals surface area contributed by atoms with Crippen LogP contribution < -0.4 is 10.1 Å². The van der Waals surface area contributed by atoms with Crippen molar-refractivity contribution in [3.05, 3.63) is 71.0 Å². The highest BCUT2D eigenvalue weighted by Crippen LogP contribution is 2.36. The molecule has 4 nitrogen and oxygen atoms in total. The summed E-state index contributed by atoms with van der Waals surface area (Å²) in [4.78, 5) is 12.5. The van der Waals surface area contributed by atoms with E-state index in [1.165, 1.54) is 25.3 Å². The summed E-state index contributed by atoms with van der Waals surface area (Å²) in [6.07, 6.45) is 0. The van der Waals surface area contributed by atoms with Crippen LogP contribution in [0.5, 0.6) is 5.75 Å². The van der Waals surface area contributed by atoms with Crippen LogP contribution in [0, 0.1) is 5.82 Å². The zero-order valence-corrected chi connectivity index (χ0v) is 14.4. The Kier molecular flexibility index (Phi) is 4.01. The van der Waals surface area contributed by atoms with Crippen LogP contribution in [0.15, 0.2) is 59.0 Å². The molecular formula is C20H13ClFNO3. The highest BCUT2D eigenvalue weighted by Gasteiger charge is 2.19. The molecule has 6 heteroatoms. The number of rotatable bonds is 3. The Balaban J connectivity index is 1.81. The molecule has 4 rings (SSSR count). The van der Waals surface area contributed by atoms with Gasteiger partial charge in [0.1, 0.15) is 22.7 Å². The molecule has 1 N–H and O–H groups in total. The number of ether oxygens (including phenoxy) is 1. The highest BCUT2D eigenvalue weighted by molar-refractivity contribution is 6.34. The SMILES string of the molecule is COc1cc2c(cc1NC(=O)c1c(F)cccc1Cl)oc1ccccc12. The second kappa shape index (κ2) is 6.35. The van der Waals surface area contributed by atoms with E-state index < -0.39 is 11.7 Å². The smallest absolute Gasteiger partial charge is 0.260 e. The van der Waals surface area contributed by atoms with E-state index in [9.17, 15) is 9.18 Å². The molecule has 1 amide bonds. The summed E-state index contributed by atoms with van der Waals surface area (Å²) in [6.45, 7) is 0. The summed E-state index contributed by atoms with van der Waals surface area (Å²) >= 11 is 5.96. The number of benzene rings is 3. The van der Waals surface area contributed by atoms with E-state index >= 15 is 0 Å². The molecule has 0 bridgehead atoms. The Morgan fingerprint density at radius 3 is 2.65 bits per heavy atom. The molecule has 1 heterocycles. The van der Waals surface area contributed by atoms with Gasteiger partial charge in [-0.05, 0) is 24.3 Å². The third-order valence-corrected chi connectivity index (χ3v) is 4.45. The first-order valence-corrected chi connectivity index (χ1v) is 8.21. The average molecular weight is 370 g/mol. The van der Waals surface area contributed by atoms with E-state index in [1.807, 2.05) is 24.3 Å². The first kappa shape index (κ1) is 16.4. The average Bonchev–Trinajstić information content (AvgIpc) is 2.98. The van der Waals surface area contributed by atoms with Gasteiger partial charge in [-0.25, -0.2) is 4.39 Å². The number of amides is 1. The quantitative estimate of drug-likeness (QED) is 0.508. The fraction of sp³-hybridized carbons (Fsp3) is 0.0500. The number of hydrogen-bond acceptors (Lipinski definition) is 3. The number of carbonyl (C=O) groups is 1. The number of nitrogens with one attached hydrogen (secondary N) is 1. The molecule has 1 aromatic heterocycles.